The Morgan fingerprint density at radius 3 is 2.76 bits per heavy atom. The summed E-state index contributed by atoms with van der Waals surface area (Å²) in [6.45, 7) is 3.58. The lowest BCUT2D eigenvalue weighted by molar-refractivity contribution is -0.119. The van der Waals surface area contributed by atoms with E-state index in [2.05, 4.69) is 5.32 Å². The normalized spacial score (nSPS) is 16.3. The molecule has 29 heavy (non-hydrogen) atoms. The van der Waals surface area contributed by atoms with Crippen LogP contribution in [0.4, 0.5) is 14.9 Å². The zero-order valence-corrected chi connectivity index (χ0v) is 15.8. The summed E-state index contributed by atoms with van der Waals surface area (Å²) in [4.78, 5) is 36.7. The van der Waals surface area contributed by atoms with Crippen molar-refractivity contribution in [3.63, 3.8) is 0 Å². The van der Waals surface area contributed by atoms with Crippen LogP contribution in [-0.2, 0) is 9.53 Å². The largest absolute Gasteiger partial charge is 0.442 e. The van der Waals surface area contributed by atoms with Crippen molar-refractivity contribution in [1.82, 2.24) is 9.88 Å². The third-order valence-electron chi connectivity index (χ3n) is 4.67. The first-order valence-corrected chi connectivity index (χ1v) is 8.98. The average molecular weight is 399 g/mol. The molecule has 0 aliphatic carbocycles. The smallest absolute Gasteiger partial charge is 0.424 e. The zero-order chi connectivity index (χ0) is 20.7. The molecular formula is C20H18FN3O5. The second-order valence-electron chi connectivity index (χ2n) is 6.86. The molecule has 2 aromatic carbocycles. The highest BCUT2D eigenvalue weighted by molar-refractivity contribution is 5.90. The van der Waals surface area contributed by atoms with E-state index in [9.17, 15) is 18.8 Å². The summed E-state index contributed by atoms with van der Waals surface area (Å²) in [6, 6.07) is 9.30. The Labute approximate surface area is 164 Å². The molecule has 1 saturated heterocycles. The van der Waals surface area contributed by atoms with Crippen molar-refractivity contribution in [1.29, 1.82) is 0 Å². The van der Waals surface area contributed by atoms with Gasteiger partial charge in [0.15, 0.2) is 5.58 Å². The summed E-state index contributed by atoms with van der Waals surface area (Å²) < 4.78 is 26.5. The number of nitrogens with one attached hydrogen (secondary N) is 1. The van der Waals surface area contributed by atoms with E-state index < -0.39 is 23.8 Å². The van der Waals surface area contributed by atoms with Crippen LogP contribution in [0.5, 0.6) is 0 Å². The predicted molar refractivity (Wildman–Crippen MR) is 103 cm³/mol. The van der Waals surface area contributed by atoms with Crippen molar-refractivity contribution in [3.05, 3.63) is 58.3 Å². The van der Waals surface area contributed by atoms with Crippen molar-refractivity contribution in [3.8, 4) is 5.69 Å². The van der Waals surface area contributed by atoms with E-state index in [4.69, 9.17) is 9.15 Å². The van der Waals surface area contributed by atoms with Crippen molar-refractivity contribution >= 4 is 28.8 Å². The van der Waals surface area contributed by atoms with E-state index in [0.717, 1.165) is 16.2 Å². The SMILES string of the molecule is CC(=O)NCC1CN(c2ccc(-n3c(=O)oc4cc(C)ccc43)c(F)c2)C(=O)O1. The van der Waals surface area contributed by atoms with Gasteiger partial charge < -0.3 is 14.5 Å². The Morgan fingerprint density at radius 2 is 2.03 bits per heavy atom. The van der Waals surface area contributed by atoms with E-state index in [1.165, 1.54) is 24.0 Å². The van der Waals surface area contributed by atoms with Gasteiger partial charge in [0.25, 0.3) is 0 Å². The molecule has 4 rings (SSSR count). The third kappa shape index (κ3) is 3.46. The van der Waals surface area contributed by atoms with Gasteiger partial charge in [-0.1, -0.05) is 6.07 Å². The molecule has 2 amide bonds. The maximum absolute atomic E-state index is 14.9. The van der Waals surface area contributed by atoms with Gasteiger partial charge in [0, 0.05) is 6.92 Å². The molecule has 9 heteroatoms. The maximum atomic E-state index is 14.9. The third-order valence-corrected chi connectivity index (χ3v) is 4.67. The molecule has 2 heterocycles. The van der Waals surface area contributed by atoms with Gasteiger partial charge in [-0.05, 0) is 42.8 Å². The number of hydrogen-bond acceptors (Lipinski definition) is 5. The molecule has 1 unspecified atom stereocenters. The summed E-state index contributed by atoms with van der Waals surface area (Å²) in [5.74, 6) is -1.62. The van der Waals surface area contributed by atoms with Gasteiger partial charge in [0.1, 0.15) is 11.9 Å². The van der Waals surface area contributed by atoms with Gasteiger partial charge >= 0.3 is 11.8 Å². The number of halogens is 1. The minimum atomic E-state index is -0.701. The van der Waals surface area contributed by atoms with Crippen LogP contribution in [0.1, 0.15) is 12.5 Å². The van der Waals surface area contributed by atoms with Gasteiger partial charge in [-0.25, -0.2) is 18.5 Å². The van der Waals surface area contributed by atoms with Crippen LogP contribution in [-0.4, -0.2) is 35.8 Å². The molecule has 0 bridgehead atoms. The lowest BCUT2D eigenvalue weighted by Crippen LogP contribution is -2.33. The van der Waals surface area contributed by atoms with E-state index in [-0.39, 0.29) is 24.7 Å². The molecule has 0 radical (unpaired) electrons. The number of rotatable bonds is 4. The highest BCUT2D eigenvalue weighted by Crippen LogP contribution is 2.27. The minimum Gasteiger partial charge on any atom is -0.442 e. The Hall–Kier alpha value is -3.62. The molecule has 8 nitrogen and oxygen atoms in total. The Bertz CT molecular complexity index is 1180. The number of cyclic esters (lactones) is 1. The lowest BCUT2D eigenvalue weighted by atomic mass is 10.2. The van der Waals surface area contributed by atoms with Crippen molar-refractivity contribution in [2.45, 2.75) is 20.0 Å². The highest BCUT2D eigenvalue weighted by atomic mass is 19.1. The predicted octanol–water partition coefficient (Wildman–Crippen LogP) is 2.49. The first-order chi connectivity index (χ1) is 13.8. The number of carbonyl (C=O) groups excluding carboxylic acids is 2. The topological polar surface area (TPSA) is 93.8 Å². The number of oxazole rings is 1. The van der Waals surface area contributed by atoms with Gasteiger partial charge in [-0.2, -0.15) is 0 Å². The minimum absolute atomic E-state index is 0.0173. The second kappa shape index (κ2) is 7.08. The van der Waals surface area contributed by atoms with Crippen LogP contribution < -0.4 is 16.0 Å². The summed E-state index contributed by atoms with van der Waals surface area (Å²) in [5.41, 5.74) is 2.03. The number of amides is 2. The molecular weight excluding hydrogens is 381 g/mol. The lowest BCUT2D eigenvalue weighted by Gasteiger charge is -2.14. The Balaban J connectivity index is 1.64. The number of nitrogens with zero attached hydrogens (tertiary/aromatic N) is 2. The zero-order valence-electron chi connectivity index (χ0n) is 15.8. The van der Waals surface area contributed by atoms with Crippen molar-refractivity contribution in [2.24, 2.45) is 0 Å². The van der Waals surface area contributed by atoms with Crippen LogP contribution in [0.3, 0.4) is 0 Å². The van der Waals surface area contributed by atoms with Gasteiger partial charge in [-0.3, -0.25) is 9.69 Å². The Kier molecular flexibility index (Phi) is 4.57. The van der Waals surface area contributed by atoms with E-state index in [1.807, 2.05) is 6.92 Å². The number of hydrogen-bond donors (Lipinski definition) is 1. The average Bonchev–Trinajstić information content (AvgIpc) is 3.18. The maximum Gasteiger partial charge on any atom is 0.424 e. The number of anilines is 1. The quantitative estimate of drug-likeness (QED) is 0.728. The van der Waals surface area contributed by atoms with Gasteiger partial charge in [0.05, 0.1) is 30.0 Å². The van der Waals surface area contributed by atoms with Crippen LogP contribution in [0.25, 0.3) is 16.8 Å². The van der Waals surface area contributed by atoms with Crippen molar-refractivity contribution < 1.29 is 23.1 Å². The molecule has 150 valence electrons. The van der Waals surface area contributed by atoms with Crippen molar-refractivity contribution in [2.75, 3.05) is 18.0 Å². The molecule has 0 saturated carbocycles. The molecule has 1 atom stereocenters. The monoisotopic (exact) mass is 399 g/mol. The number of fused-ring (bicyclic) bond motifs is 1. The second-order valence-corrected chi connectivity index (χ2v) is 6.86. The molecule has 3 aromatic rings. The van der Waals surface area contributed by atoms with E-state index >= 15 is 0 Å². The number of aromatic nitrogens is 1. The summed E-state index contributed by atoms with van der Waals surface area (Å²) in [5, 5.41) is 2.58. The molecule has 1 aliphatic heterocycles. The Morgan fingerprint density at radius 1 is 1.24 bits per heavy atom. The fourth-order valence-electron chi connectivity index (χ4n) is 3.30. The van der Waals surface area contributed by atoms with E-state index in [1.54, 1.807) is 18.2 Å². The summed E-state index contributed by atoms with van der Waals surface area (Å²) >= 11 is 0. The standard InChI is InChI=1S/C20H18FN3O5/c1-11-3-5-17-18(7-11)29-20(27)24(17)16-6-4-13(8-15(16)21)23-10-14(28-19(23)26)9-22-12(2)25/h3-8,14H,9-10H2,1-2H3,(H,22,25). The van der Waals surface area contributed by atoms with Gasteiger partial charge in [0.2, 0.25) is 5.91 Å². The molecule has 1 fully saturated rings. The molecule has 1 aromatic heterocycles. The van der Waals surface area contributed by atoms with Crippen LogP contribution in [0.2, 0.25) is 0 Å². The van der Waals surface area contributed by atoms with Gasteiger partial charge in [-0.15, -0.1) is 0 Å². The van der Waals surface area contributed by atoms with Crippen LogP contribution in [0, 0.1) is 12.7 Å². The fraction of sp³-hybridized carbons (Fsp3) is 0.250. The number of carbonyl (C=O) groups is 2. The summed E-state index contributed by atoms with van der Waals surface area (Å²) in [7, 11) is 0. The molecule has 0 spiro atoms. The van der Waals surface area contributed by atoms with Crippen LogP contribution >= 0.6 is 0 Å². The van der Waals surface area contributed by atoms with E-state index in [0.29, 0.717) is 16.8 Å². The number of aryl methyl sites for hydroxylation is 1. The fourth-order valence-corrected chi connectivity index (χ4v) is 3.30. The number of benzene rings is 2. The highest BCUT2D eigenvalue weighted by Gasteiger charge is 2.33. The molecule has 1 N–H and O–H groups in total. The molecule has 1 aliphatic rings. The first-order valence-electron chi connectivity index (χ1n) is 8.98. The number of ether oxygens (including phenoxy) is 1. The van der Waals surface area contributed by atoms with Crippen LogP contribution in [0.15, 0.2) is 45.6 Å². The first kappa shape index (κ1) is 18.7. The summed E-state index contributed by atoms with van der Waals surface area (Å²) in [6.07, 6.45) is -1.16.